The molecule has 2 aromatic carbocycles. The molecule has 1 amide bonds. The molecule has 28 heavy (non-hydrogen) atoms. The zero-order valence-electron chi connectivity index (χ0n) is 16.6. The normalized spacial score (nSPS) is 10.7. The van der Waals surface area contributed by atoms with Crippen LogP contribution in [0.15, 0.2) is 48.5 Å². The number of rotatable bonds is 6. The highest BCUT2D eigenvalue weighted by Crippen LogP contribution is 2.24. The Balaban J connectivity index is 1.86. The Morgan fingerprint density at radius 1 is 0.929 bits per heavy atom. The van der Waals surface area contributed by atoms with E-state index in [1.165, 1.54) is 11.1 Å². The van der Waals surface area contributed by atoms with Crippen LogP contribution in [-0.4, -0.2) is 22.9 Å². The van der Waals surface area contributed by atoms with Crippen molar-refractivity contribution in [2.45, 2.75) is 27.7 Å². The molecule has 0 bridgehead atoms. The summed E-state index contributed by atoms with van der Waals surface area (Å²) in [5.41, 5.74) is 11.5. The SMILES string of the molecule is Cc1ccc(-n2c(C)cc(C(=O)COc3ccccc3C(N)=O)c2C)cc1C. The second-order valence-electron chi connectivity index (χ2n) is 6.96. The summed E-state index contributed by atoms with van der Waals surface area (Å²) in [6.45, 7) is 7.88. The van der Waals surface area contributed by atoms with E-state index in [0.717, 1.165) is 17.1 Å². The van der Waals surface area contributed by atoms with Crippen LogP contribution in [0.1, 0.15) is 43.2 Å². The third-order valence-corrected chi connectivity index (χ3v) is 4.99. The van der Waals surface area contributed by atoms with Gasteiger partial charge in [-0.25, -0.2) is 0 Å². The van der Waals surface area contributed by atoms with Crippen LogP contribution >= 0.6 is 0 Å². The molecule has 0 saturated heterocycles. The number of para-hydroxylation sites is 1. The van der Waals surface area contributed by atoms with Crippen molar-refractivity contribution in [3.63, 3.8) is 0 Å². The number of hydrogen-bond acceptors (Lipinski definition) is 3. The summed E-state index contributed by atoms with van der Waals surface area (Å²) in [6.07, 6.45) is 0. The van der Waals surface area contributed by atoms with Crippen LogP contribution in [0.25, 0.3) is 5.69 Å². The largest absolute Gasteiger partial charge is 0.485 e. The van der Waals surface area contributed by atoms with Gasteiger partial charge in [0.25, 0.3) is 5.91 Å². The first-order chi connectivity index (χ1) is 13.3. The smallest absolute Gasteiger partial charge is 0.252 e. The van der Waals surface area contributed by atoms with E-state index in [9.17, 15) is 9.59 Å². The zero-order chi connectivity index (χ0) is 20.4. The van der Waals surface area contributed by atoms with Crippen LogP contribution in [0.3, 0.4) is 0 Å². The lowest BCUT2D eigenvalue weighted by Crippen LogP contribution is -2.17. The van der Waals surface area contributed by atoms with Crippen molar-refractivity contribution in [1.82, 2.24) is 4.57 Å². The quantitative estimate of drug-likeness (QED) is 0.659. The first-order valence-electron chi connectivity index (χ1n) is 9.11. The molecule has 0 radical (unpaired) electrons. The molecule has 0 fully saturated rings. The van der Waals surface area contributed by atoms with Crippen LogP contribution in [0, 0.1) is 27.7 Å². The van der Waals surface area contributed by atoms with Crippen LogP contribution in [0.5, 0.6) is 5.75 Å². The van der Waals surface area contributed by atoms with Gasteiger partial charge >= 0.3 is 0 Å². The summed E-state index contributed by atoms with van der Waals surface area (Å²) < 4.78 is 7.67. The molecule has 0 aliphatic rings. The van der Waals surface area contributed by atoms with Crippen LogP contribution < -0.4 is 10.5 Å². The van der Waals surface area contributed by atoms with Crippen LogP contribution in [-0.2, 0) is 0 Å². The van der Waals surface area contributed by atoms with Gasteiger partial charge in [0, 0.05) is 22.6 Å². The number of benzene rings is 2. The highest BCUT2D eigenvalue weighted by atomic mass is 16.5. The minimum absolute atomic E-state index is 0.151. The average Bonchev–Trinajstić information content (AvgIpc) is 2.96. The maximum Gasteiger partial charge on any atom is 0.252 e. The third kappa shape index (κ3) is 3.69. The fraction of sp³-hybridized carbons (Fsp3) is 0.217. The molecule has 2 N–H and O–H groups in total. The number of carbonyl (C=O) groups excluding carboxylic acids is 2. The number of nitrogens with two attached hydrogens (primary N) is 1. The van der Waals surface area contributed by atoms with E-state index < -0.39 is 5.91 Å². The van der Waals surface area contributed by atoms with Gasteiger partial charge in [-0.15, -0.1) is 0 Å². The lowest BCUT2D eigenvalue weighted by atomic mass is 10.1. The molecule has 3 rings (SSSR count). The van der Waals surface area contributed by atoms with E-state index in [0.29, 0.717) is 11.3 Å². The van der Waals surface area contributed by atoms with Crippen molar-refractivity contribution < 1.29 is 14.3 Å². The number of ketones is 1. The maximum atomic E-state index is 12.8. The fourth-order valence-electron chi connectivity index (χ4n) is 3.32. The number of amides is 1. The summed E-state index contributed by atoms with van der Waals surface area (Å²) in [6, 6.07) is 14.8. The van der Waals surface area contributed by atoms with Crippen molar-refractivity contribution in [1.29, 1.82) is 0 Å². The maximum absolute atomic E-state index is 12.8. The number of carbonyl (C=O) groups is 2. The number of aromatic nitrogens is 1. The molecule has 5 heteroatoms. The van der Waals surface area contributed by atoms with E-state index in [1.54, 1.807) is 24.3 Å². The molecule has 0 unspecified atom stereocenters. The molecule has 3 aromatic rings. The van der Waals surface area contributed by atoms with E-state index in [-0.39, 0.29) is 18.0 Å². The zero-order valence-corrected chi connectivity index (χ0v) is 16.6. The number of ether oxygens (including phenoxy) is 1. The third-order valence-electron chi connectivity index (χ3n) is 4.99. The molecule has 0 saturated carbocycles. The van der Waals surface area contributed by atoms with Gasteiger partial charge in [0.05, 0.1) is 5.56 Å². The first-order valence-corrected chi connectivity index (χ1v) is 9.11. The first kappa shape index (κ1) is 19.4. The van der Waals surface area contributed by atoms with E-state index in [1.807, 2.05) is 19.9 Å². The Bertz CT molecular complexity index is 1060. The number of hydrogen-bond donors (Lipinski definition) is 1. The van der Waals surface area contributed by atoms with Gasteiger partial charge in [0.2, 0.25) is 5.78 Å². The van der Waals surface area contributed by atoms with Gasteiger partial charge in [-0.3, -0.25) is 9.59 Å². The minimum Gasteiger partial charge on any atom is -0.485 e. The Labute approximate surface area is 164 Å². The summed E-state index contributed by atoms with van der Waals surface area (Å²) in [4.78, 5) is 24.3. The molecule has 0 aliphatic heterocycles. The molecular formula is C23H24N2O3. The second-order valence-corrected chi connectivity index (χ2v) is 6.96. The van der Waals surface area contributed by atoms with Crippen molar-refractivity contribution in [2.24, 2.45) is 5.73 Å². The molecule has 144 valence electrons. The van der Waals surface area contributed by atoms with Gasteiger partial charge in [0.1, 0.15) is 5.75 Å². The van der Waals surface area contributed by atoms with E-state index >= 15 is 0 Å². The Kier molecular flexibility index (Phi) is 5.36. The van der Waals surface area contributed by atoms with E-state index in [2.05, 4.69) is 36.6 Å². The number of Topliss-reactive ketones (excluding diaryl/α,β-unsaturated/α-hetero) is 1. The molecular weight excluding hydrogens is 352 g/mol. The van der Waals surface area contributed by atoms with Gasteiger partial charge in [-0.1, -0.05) is 18.2 Å². The van der Waals surface area contributed by atoms with Crippen molar-refractivity contribution >= 4 is 11.7 Å². The molecule has 1 aromatic heterocycles. The van der Waals surface area contributed by atoms with Gasteiger partial charge in [0.15, 0.2) is 6.61 Å². The second kappa shape index (κ2) is 7.72. The topological polar surface area (TPSA) is 74.3 Å². The Hall–Kier alpha value is -3.34. The van der Waals surface area contributed by atoms with Gasteiger partial charge < -0.3 is 15.0 Å². The van der Waals surface area contributed by atoms with Crippen molar-refractivity contribution in [3.8, 4) is 11.4 Å². The predicted molar refractivity (Wildman–Crippen MR) is 110 cm³/mol. The molecule has 0 spiro atoms. The molecule has 0 aliphatic carbocycles. The number of nitrogens with zero attached hydrogens (tertiary/aromatic N) is 1. The molecule has 5 nitrogen and oxygen atoms in total. The highest BCUT2D eigenvalue weighted by Gasteiger charge is 2.18. The number of primary amides is 1. The summed E-state index contributed by atoms with van der Waals surface area (Å²) in [5.74, 6) is -0.426. The minimum atomic E-state index is -0.587. The Morgan fingerprint density at radius 2 is 1.64 bits per heavy atom. The van der Waals surface area contributed by atoms with E-state index in [4.69, 9.17) is 10.5 Å². The van der Waals surface area contributed by atoms with Crippen LogP contribution in [0.2, 0.25) is 0 Å². The highest BCUT2D eigenvalue weighted by molar-refractivity contribution is 5.99. The molecule has 1 heterocycles. The Morgan fingerprint density at radius 3 is 2.32 bits per heavy atom. The van der Waals surface area contributed by atoms with Crippen molar-refractivity contribution in [2.75, 3.05) is 6.61 Å². The van der Waals surface area contributed by atoms with Gasteiger partial charge in [-0.05, 0) is 69.2 Å². The van der Waals surface area contributed by atoms with Crippen molar-refractivity contribution in [3.05, 3.63) is 82.2 Å². The average molecular weight is 376 g/mol. The standard InChI is InChI=1S/C23H24N2O3/c1-14-9-10-18(11-15(14)2)25-16(3)12-20(17(25)4)21(26)13-28-22-8-6-5-7-19(22)23(24)27/h5-12H,13H2,1-4H3,(H2,24,27). The van der Waals surface area contributed by atoms with Gasteiger partial charge in [-0.2, -0.15) is 0 Å². The lowest BCUT2D eigenvalue weighted by molar-refractivity contribution is 0.0911. The molecule has 0 atom stereocenters. The summed E-state index contributed by atoms with van der Waals surface area (Å²) in [7, 11) is 0. The summed E-state index contributed by atoms with van der Waals surface area (Å²) in [5, 5.41) is 0. The summed E-state index contributed by atoms with van der Waals surface area (Å²) >= 11 is 0. The van der Waals surface area contributed by atoms with Crippen LogP contribution in [0.4, 0.5) is 0 Å². The monoisotopic (exact) mass is 376 g/mol. The predicted octanol–water partition coefficient (Wildman–Crippen LogP) is 4.07. The fourth-order valence-corrected chi connectivity index (χ4v) is 3.32. The lowest BCUT2D eigenvalue weighted by Gasteiger charge is -2.12. The number of aryl methyl sites for hydroxylation is 3.